The van der Waals surface area contributed by atoms with Gasteiger partial charge in [0, 0.05) is 7.05 Å². The molecule has 0 saturated carbocycles. The third-order valence-corrected chi connectivity index (χ3v) is 1.77. The molecule has 0 bridgehead atoms. The molecule has 0 fully saturated rings. The molecule has 5 nitrogen and oxygen atoms in total. The van der Waals surface area contributed by atoms with E-state index >= 15 is 0 Å². The summed E-state index contributed by atoms with van der Waals surface area (Å²) in [5.41, 5.74) is 0.847. The number of rotatable bonds is 3. The van der Waals surface area contributed by atoms with Gasteiger partial charge in [0.15, 0.2) is 5.82 Å². The molecule has 1 heterocycles. The zero-order chi connectivity index (χ0) is 10.6. The molecule has 1 aromatic heterocycles. The van der Waals surface area contributed by atoms with Crippen LogP contribution in [0.4, 0.5) is 5.82 Å². The second-order valence-corrected chi connectivity index (χ2v) is 2.97. The number of aromatic nitrogens is 2. The third kappa shape index (κ3) is 2.69. The van der Waals surface area contributed by atoms with E-state index in [0.29, 0.717) is 5.82 Å². The minimum Gasteiger partial charge on any atom is -0.468 e. The molecule has 0 aliphatic carbocycles. The monoisotopic (exact) mass is 195 g/mol. The second kappa shape index (κ2) is 4.55. The number of likely N-dealkylation sites (N-methyl/N-ethyl adjacent to an activating group) is 1. The summed E-state index contributed by atoms with van der Waals surface area (Å²) in [6.07, 6.45) is 0. The average Bonchev–Trinajstić information content (AvgIpc) is 2.18. The molecule has 1 rings (SSSR count). The second-order valence-electron chi connectivity index (χ2n) is 2.97. The Kier molecular flexibility index (Phi) is 3.39. The smallest absolute Gasteiger partial charge is 0.325 e. The van der Waals surface area contributed by atoms with Crippen LogP contribution < -0.4 is 4.90 Å². The van der Waals surface area contributed by atoms with Gasteiger partial charge in [-0.15, -0.1) is 5.10 Å². The number of carbonyl (C=O) groups is 1. The number of methoxy groups -OCH3 is 1. The lowest BCUT2D eigenvalue weighted by Gasteiger charge is -2.15. The third-order valence-electron chi connectivity index (χ3n) is 1.77. The molecule has 0 aliphatic rings. The van der Waals surface area contributed by atoms with Crippen LogP contribution in [-0.4, -0.2) is 36.9 Å². The molecule has 0 atom stereocenters. The van der Waals surface area contributed by atoms with E-state index in [0.717, 1.165) is 5.69 Å². The van der Waals surface area contributed by atoms with Crippen LogP contribution in [0.3, 0.4) is 0 Å². The van der Waals surface area contributed by atoms with E-state index in [-0.39, 0.29) is 12.5 Å². The number of aryl methyl sites for hydroxylation is 1. The van der Waals surface area contributed by atoms with Crippen molar-refractivity contribution < 1.29 is 9.53 Å². The fourth-order valence-electron chi connectivity index (χ4n) is 0.935. The molecule has 0 aliphatic heterocycles. The first kappa shape index (κ1) is 10.4. The van der Waals surface area contributed by atoms with Gasteiger partial charge >= 0.3 is 5.97 Å². The first-order valence-corrected chi connectivity index (χ1v) is 4.21. The lowest BCUT2D eigenvalue weighted by Crippen LogP contribution is -2.27. The fraction of sp³-hybridized carbons (Fsp3) is 0.444. The number of carbonyl (C=O) groups excluding carboxylic acids is 1. The predicted octanol–water partition coefficient (Wildman–Crippen LogP) is 0.394. The molecule has 0 radical (unpaired) electrons. The number of anilines is 1. The molecule has 0 amide bonds. The Morgan fingerprint density at radius 3 is 2.71 bits per heavy atom. The summed E-state index contributed by atoms with van der Waals surface area (Å²) >= 11 is 0. The number of hydrogen-bond acceptors (Lipinski definition) is 5. The van der Waals surface area contributed by atoms with E-state index in [2.05, 4.69) is 14.9 Å². The van der Waals surface area contributed by atoms with Crippen molar-refractivity contribution in [2.24, 2.45) is 0 Å². The molecule has 0 spiro atoms. The van der Waals surface area contributed by atoms with Gasteiger partial charge in [-0.1, -0.05) is 0 Å². The van der Waals surface area contributed by atoms with Crippen LogP contribution in [0.5, 0.6) is 0 Å². The van der Waals surface area contributed by atoms with Gasteiger partial charge in [0.2, 0.25) is 0 Å². The van der Waals surface area contributed by atoms with E-state index in [1.807, 2.05) is 19.1 Å². The Balaban J connectivity index is 2.65. The Bertz CT molecular complexity index is 310. The lowest BCUT2D eigenvalue weighted by atomic mass is 10.4. The first-order valence-electron chi connectivity index (χ1n) is 4.21. The SMILES string of the molecule is COC(=O)CN(C)c1ccc(C)nn1. The molecule has 0 unspecified atom stereocenters. The van der Waals surface area contributed by atoms with Crippen LogP contribution >= 0.6 is 0 Å². The summed E-state index contributed by atoms with van der Waals surface area (Å²) in [6, 6.07) is 3.65. The maximum atomic E-state index is 11.0. The molecule has 1 aromatic rings. The Labute approximate surface area is 82.7 Å². The number of esters is 1. The quantitative estimate of drug-likeness (QED) is 0.653. The van der Waals surface area contributed by atoms with Gasteiger partial charge in [0.25, 0.3) is 0 Å². The highest BCUT2D eigenvalue weighted by atomic mass is 16.5. The summed E-state index contributed by atoms with van der Waals surface area (Å²) in [7, 11) is 3.12. The molecule has 0 saturated heterocycles. The highest BCUT2D eigenvalue weighted by molar-refractivity contribution is 5.74. The topological polar surface area (TPSA) is 55.3 Å². The molecule has 0 aromatic carbocycles. The van der Waals surface area contributed by atoms with Crippen LogP contribution in [0.15, 0.2) is 12.1 Å². The van der Waals surface area contributed by atoms with E-state index in [9.17, 15) is 4.79 Å². The van der Waals surface area contributed by atoms with Gasteiger partial charge in [-0.3, -0.25) is 4.79 Å². The molecule has 14 heavy (non-hydrogen) atoms. The standard InChI is InChI=1S/C9H13N3O2/c1-7-4-5-8(11-10-7)12(2)6-9(13)14-3/h4-5H,6H2,1-3H3. The molecule has 0 N–H and O–H groups in total. The number of nitrogens with zero attached hydrogens (tertiary/aromatic N) is 3. The summed E-state index contributed by atoms with van der Waals surface area (Å²) < 4.78 is 4.54. The van der Waals surface area contributed by atoms with Crippen LogP contribution in [0.1, 0.15) is 5.69 Å². The Hall–Kier alpha value is -1.65. The summed E-state index contributed by atoms with van der Waals surface area (Å²) in [5, 5.41) is 7.82. The van der Waals surface area contributed by atoms with E-state index in [1.165, 1.54) is 7.11 Å². The van der Waals surface area contributed by atoms with Gasteiger partial charge in [-0.05, 0) is 19.1 Å². The average molecular weight is 195 g/mol. The highest BCUT2D eigenvalue weighted by Crippen LogP contribution is 2.06. The zero-order valence-electron chi connectivity index (χ0n) is 8.52. The van der Waals surface area contributed by atoms with Crippen LogP contribution in [-0.2, 0) is 9.53 Å². The number of hydrogen-bond donors (Lipinski definition) is 0. The van der Waals surface area contributed by atoms with Gasteiger partial charge < -0.3 is 9.64 Å². The van der Waals surface area contributed by atoms with Crippen LogP contribution in [0, 0.1) is 6.92 Å². The Morgan fingerprint density at radius 1 is 1.50 bits per heavy atom. The van der Waals surface area contributed by atoms with Crippen molar-refractivity contribution in [3.05, 3.63) is 17.8 Å². The van der Waals surface area contributed by atoms with E-state index < -0.39 is 0 Å². The maximum absolute atomic E-state index is 11.0. The van der Waals surface area contributed by atoms with Crippen molar-refractivity contribution in [1.82, 2.24) is 10.2 Å². The van der Waals surface area contributed by atoms with E-state index in [1.54, 1.807) is 11.9 Å². The summed E-state index contributed by atoms with van der Waals surface area (Å²) in [4.78, 5) is 12.6. The van der Waals surface area contributed by atoms with Crippen molar-refractivity contribution >= 4 is 11.8 Å². The minimum absolute atomic E-state index is 0.175. The van der Waals surface area contributed by atoms with Crippen molar-refractivity contribution in [2.45, 2.75) is 6.92 Å². The largest absolute Gasteiger partial charge is 0.468 e. The van der Waals surface area contributed by atoms with Gasteiger partial charge in [-0.25, -0.2) is 0 Å². The Morgan fingerprint density at radius 2 is 2.21 bits per heavy atom. The highest BCUT2D eigenvalue weighted by Gasteiger charge is 2.08. The van der Waals surface area contributed by atoms with Gasteiger partial charge in [0.05, 0.1) is 12.8 Å². The lowest BCUT2D eigenvalue weighted by molar-refractivity contribution is -0.138. The van der Waals surface area contributed by atoms with Crippen molar-refractivity contribution in [3.63, 3.8) is 0 Å². The van der Waals surface area contributed by atoms with Gasteiger partial charge in [0.1, 0.15) is 6.54 Å². The molecule has 5 heteroatoms. The fourth-order valence-corrected chi connectivity index (χ4v) is 0.935. The first-order chi connectivity index (χ1) is 6.63. The molecule has 76 valence electrons. The van der Waals surface area contributed by atoms with Crippen LogP contribution in [0.25, 0.3) is 0 Å². The minimum atomic E-state index is -0.296. The normalized spacial score (nSPS) is 9.64. The van der Waals surface area contributed by atoms with Crippen molar-refractivity contribution in [2.75, 3.05) is 25.6 Å². The maximum Gasteiger partial charge on any atom is 0.325 e. The predicted molar refractivity (Wildman–Crippen MR) is 52.1 cm³/mol. The van der Waals surface area contributed by atoms with E-state index in [4.69, 9.17) is 0 Å². The van der Waals surface area contributed by atoms with Crippen LogP contribution in [0.2, 0.25) is 0 Å². The molecular weight excluding hydrogens is 182 g/mol. The zero-order valence-corrected chi connectivity index (χ0v) is 8.52. The summed E-state index contributed by atoms with van der Waals surface area (Å²) in [5.74, 6) is 0.357. The molecular formula is C9H13N3O2. The van der Waals surface area contributed by atoms with Crippen molar-refractivity contribution in [3.8, 4) is 0 Å². The van der Waals surface area contributed by atoms with Gasteiger partial charge in [-0.2, -0.15) is 5.10 Å². The van der Waals surface area contributed by atoms with Crippen molar-refractivity contribution in [1.29, 1.82) is 0 Å². The number of ether oxygens (including phenoxy) is 1. The summed E-state index contributed by atoms with van der Waals surface area (Å²) in [6.45, 7) is 2.03.